The molecule has 0 aromatic heterocycles. The van der Waals surface area contributed by atoms with Crippen molar-refractivity contribution in [2.24, 2.45) is 0 Å². The van der Waals surface area contributed by atoms with Crippen LogP contribution < -0.4 is 5.32 Å². The molecule has 0 atom stereocenters. The summed E-state index contributed by atoms with van der Waals surface area (Å²) in [7, 11) is 0. The van der Waals surface area contributed by atoms with Gasteiger partial charge in [0.1, 0.15) is 5.54 Å². The molecule has 0 radical (unpaired) electrons. The molecule has 0 fully saturated rings. The number of aliphatic hydroxyl groups is 3. The van der Waals surface area contributed by atoms with Crippen molar-refractivity contribution in [3.8, 4) is 0 Å². The lowest BCUT2D eigenvalue weighted by Gasteiger charge is -2.28. The predicted octanol–water partition coefficient (Wildman–Crippen LogP) is 0.0601. The van der Waals surface area contributed by atoms with Gasteiger partial charge in [-0.3, -0.25) is 4.79 Å². The van der Waals surface area contributed by atoms with E-state index in [1.165, 1.54) is 17.3 Å². The van der Waals surface area contributed by atoms with E-state index >= 15 is 0 Å². The molecule has 0 unspecified atom stereocenters. The third kappa shape index (κ3) is 5.13. The van der Waals surface area contributed by atoms with Crippen LogP contribution in [0.15, 0.2) is 24.3 Å². The lowest BCUT2D eigenvalue weighted by Crippen LogP contribution is -2.57. The average Bonchev–Trinajstić information content (AvgIpc) is 2.45. The molecule has 1 aromatic carbocycles. The van der Waals surface area contributed by atoms with Crippen molar-refractivity contribution in [1.29, 1.82) is 0 Å². The van der Waals surface area contributed by atoms with Crippen molar-refractivity contribution in [2.75, 3.05) is 25.6 Å². The number of aryl methyl sites for hydroxylation is 1. The molecule has 112 valence electrons. The molecule has 0 heterocycles. The smallest absolute Gasteiger partial charge is 0.230 e. The number of nitrogens with one attached hydrogen (secondary N) is 1. The first-order valence-corrected chi connectivity index (χ1v) is 7.47. The molecule has 5 nitrogen and oxygen atoms in total. The van der Waals surface area contributed by atoms with Crippen LogP contribution in [0.4, 0.5) is 0 Å². The van der Waals surface area contributed by atoms with Gasteiger partial charge in [0.05, 0.1) is 25.6 Å². The summed E-state index contributed by atoms with van der Waals surface area (Å²) in [5.41, 5.74) is 0.967. The molecule has 0 aliphatic carbocycles. The van der Waals surface area contributed by atoms with E-state index in [1.54, 1.807) is 0 Å². The normalized spacial score (nSPS) is 11.4. The number of amides is 1. The molecule has 0 spiro atoms. The lowest BCUT2D eigenvalue weighted by molar-refractivity contribution is -0.122. The number of carbonyl (C=O) groups excluding carboxylic acids is 1. The van der Waals surface area contributed by atoms with Crippen LogP contribution in [0.1, 0.15) is 11.1 Å². The van der Waals surface area contributed by atoms with Crippen LogP contribution in [0, 0.1) is 6.92 Å². The zero-order chi connectivity index (χ0) is 15.0. The van der Waals surface area contributed by atoms with E-state index in [4.69, 9.17) is 15.3 Å². The van der Waals surface area contributed by atoms with Gasteiger partial charge in [0.2, 0.25) is 5.91 Å². The fourth-order valence-electron chi connectivity index (χ4n) is 1.66. The maximum atomic E-state index is 11.7. The number of thioether (sulfide) groups is 1. The van der Waals surface area contributed by atoms with Gasteiger partial charge in [0.25, 0.3) is 0 Å². The maximum absolute atomic E-state index is 11.7. The minimum atomic E-state index is -1.35. The first-order chi connectivity index (χ1) is 9.55. The summed E-state index contributed by atoms with van der Waals surface area (Å²) in [5, 5.41) is 29.8. The average molecular weight is 299 g/mol. The minimum Gasteiger partial charge on any atom is -0.394 e. The van der Waals surface area contributed by atoms with Crippen LogP contribution in [0.5, 0.6) is 0 Å². The number of carbonyl (C=O) groups is 1. The molecule has 0 aliphatic heterocycles. The highest BCUT2D eigenvalue weighted by atomic mass is 32.2. The van der Waals surface area contributed by atoms with E-state index in [-0.39, 0.29) is 11.7 Å². The van der Waals surface area contributed by atoms with Crippen LogP contribution in [-0.2, 0) is 10.5 Å². The number of hydrogen-bond donors (Lipinski definition) is 4. The summed E-state index contributed by atoms with van der Waals surface area (Å²) >= 11 is 1.44. The minimum absolute atomic E-state index is 0.204. The summed E-state index contributed by atoms with van der Waals surface area (Å²) in [5.74, 6) is 0.592. The molecule has 6 heteroatoms. The van der Waals surface area contributed by atoms with Crippen molar-refractivity contribution < 1.29 is 20.1 Å². The number of hydrogen-bond acceptors (Lipinski definition) is 5. The SMILES string of the molecule is Cc1cccc(CSCC(=O)NC(CO)(CO)CO)c1. The van der Waals surface area contributed by atoms with Gasteiger partial charge in [0.15, 0.2) is 0 Å². The Labute approximate surface area is 123 Å². The Morgan fingerprint density at radius 3 is 2.45 bits per heavy atom. The van der Waals surface area contributed by atoms with Gasteiger partial charge in [-0.25, -0.2) is 0 Å². The van der Waals surface area contributed by atoms with Crippen LogP contribution in [0.25, 0.3) is 0 Å². The Balaban J connectivity index is 2.40. The van der Waals surface area contributed by atoms with E-state index in [0.717, 1.165) is 5.56 Å². The van der Waals surface area contributed by atoms with Crippen molar-refractivity contribution in [2.45, 2.75) is 18.2 Å². The Bertz CT molecular complexity index is 427. The third-order valence-corrected chi connectivity index (χ3v) is 3.90. The summed E-state index contributed by atoms with van der Waals surface area (Å²) in [6.07, 6.45) is 0. The molecule has 1 rings (SSSR count). The fraction of sp³-hybridized carbons (Fsp3) is 0.500. The molecule has 0 bridgehead atoms. The van der Waals surface area contributed by atoms with Gasteiger partial charge < -0.3 is 20.6 Å². The quantitative estimate of drug-likeness (QED) is 0.545. The topological polar surface area (TPSA) is 89.8 Å². The highest BCUT2D eigenvalue weighted by Gasteiger charge is 2.29. The van der Waals surface area contributed by atoms with Gasteiger partial charge >= 0.3 is 0 Å². The van der Waals surface area contributed by atoms with Crippen molar-refractivity contribution in [3.63, 3.8) is 0 Å². The van der Waals surface area contributed by atoms with Gasteiger partial charge in [-0.2, -0.15) is 0 Å². The number of aliphatic hydroxyl groups excluding tert-OH is 3. The Morgan fingerprint density at radius 1 is 1.25 bits per heavy atom. The molecule has 4 N–H and O–H groups in total. The molecular weight excluding hydrogens is 278 g/mol. The standard InChI is InChI=1S/C14H21NO4S/c1-11-3-2-4-12(5-11)6-20-7-13(19)15-14(8-16,9-17)10-18/h2-5,16-18H,6-10H2,1H3,(H,15,19). The fourth-order valence-corrected chi connectivity index (χ4v) is 2.44. The zero-order valence-corrected chi connectivity index (χ0v) is 12.3. The monoisotopic (exact) mass is 299 g/mol. The van der Waals surface area contributed by atoms with Gasteiger partial charge in [-0.15, -0.1) is 11.8 Å². The van der Waals surface area contributed by atoms with Gasteiger partial charge in [-0.05, 0) is 12.5 Å². The number of rotatable bonds is 8. The number of benzene rings is 1. The Hall–Kier alpha value is -1.08. The van der Waals surface area contributed by atoms with Crippen LogP contribution in [0.3, 0.4) is 0 Å². The van der Waals surface area contributed by atoms with E-state index in [9.17, 15) is 4.79 Å². The molecule has 1 aromatic rings. The first kappa shape index (κ1) is 17.0. The van der Waals surface area contributed by atoms with Crippen molar-refractivity contribution in [3.05, 3.63) is 35.4 Å². The largest absolute Gasteiger partial charge is 0.394 e. The second kappa shape index (κ2) is 8.26. The van der Waals surface area contributed by atoms with E-state index in [1.807, 2.05) is 25.1 Å². The molecule has 1 amide bonds. The van der Waals surface area contributed by atoms with Crippen LogP contribution >= 0.6 is 11.8 Å². The molecule has 20 heavy (non-hydrogen) atoms. The second-order valence-electron chi connectivity index (χ2n) is 4.78. The second-order valence-corrected chi connectivity index (χ2v) is 5.77. The maximum Gasteiger partial charge on any atom is 0.230 e. The lowest BCUT2D eigenvalue weighted by atomic mass is 10.0. The van der Waals surface area contributed by atoms with E-state index in [2.05, 4.69) is 11.4 Å². The molecule has 0 aliphatic rings. The summed E-state index contributed by atoms with van der Waals surface area (Å²) in [6.45, 7) is 0.496. The Kier molecular flexibility index (Phi) is 7.01. The van der Waals surface area contributed by atoms with Crippen molar-refractivity contribution in [1.82, 2.24) is 5.32 Å². The van der Waals surface area contributed by atoms with E-state index in [0.29, 0.717) is 5.75 Å². The van der Waals surface area contributed by atoms with Crippen LogP contribution in [0.2, 0.25) is 0 Å². The molecular formula is C14H21NO4S. The summed E-state index contributed by atoms with van der Waals surface area (Å²) in [4.78, 5) is 11.7. The predicted molar refractivity (Wildman–Crippen MR) is 79.5 cm³/mol. The zero-order valence-electron chi connectivity index (χ0n) is 11.5. The third-order valence-electron chi connectivity index (χ3n) is 2.90. The van der Waals surface area contributed by atoms with Gasteiger partial charge in [-0.1, -0.05) is 29.8 Å². The first-order valence-electron chi connectivity index (χ1n) is 6.32. The van der Waals surface area contributed by atoms with Gasteiger partial charge in [0, 0.05) is 5.75 Å². The highest BCUT2D eigenvalue weighted by Crippen LogP contribution is 2.13. The molecule has 0 saturated heterocycles. The van der Waals surface area contributed by atoms with Crippen LogP contribution in [-0.4, -0.2) is 52.3 Å². The highest BCUT2D eigenvalue weighted by molar-refractivity contribution is 7.99. The molecule has 0 saturated carbocycles. The van der Waals surface area contributed by atoms with Crippen molar-refractivity contribution >= 4 is 17.7 Å². The Morgan fingerprint density at radius 2 is 1.90 bits per heavy atom. The summed E-state index contributed by atoms with van der Waals surface area (Å²) < 4.78 is 0. The van der Waals surface area contributed by atoms with E-state index < -0.39 is 25.4 Å². The summed E-state index contributed by atoms with van der Waals surface area (Å²) in [6, 6.07) is 8.04.